The fourth-order valence-electron chi connectivity index (χ4n) is 3.38. The fraction of sp³-hybridized carbons (Fsp3) is 0.571. The summed E-state index contributed by atoms with van der Waals surface area (Å²) < 4.78 is 4.68. The van der Waals surface area contributed by atoms with Crippen molar-refractivity contribution in [2.24, 2.45) is 11.8 Å². The Labute approximate surface area is 161 Å². The second-order valence-electron chi connectivity index (χ2n) is 7.48. The number of amides is 2. The Kier molecular flexibility index (Phi) is 7.82. The largest absolute Gasteiger partial charge is 0.469 e. The number of carbonyl (C=O) groups excluding carboxylic acids is 3. The normalized spacial score (nSPS) is 16.7. The van der Waals surface area contributed by atoms with Crippen LogP contribution in [0.3, 0.4) is 0 Å². The molecule has 0 aliphatic carbocycles. The number of esters is 1. The average molecular weight is 374 g/mol. The highest BCUT2D eigenvalue weighted by molar-refractivity contribution is 5.89. The summed E-state index contributed by atoms with van der Waals surface area (Å²) >= 11 is 0. The van der Waals surface area contributed by atoms with Crippen LogP contribution in [0.2, 0.25) is 0 Å². The van der Waals surface area contributed by atoms with Crippen molar-refractivity contribution in [1.29, 1.82) is 0 Å². The van der Waals surface area contributed by atoms with Crippen molar-refractivity contribution in [3.8, 4) is 0 Å². The number of hydrogen-bond acceptors (Lipinski definition) is 4. The molecule has 0 aromatic heterocycles. The highest BCUT2D eigenvalue weighted by atomic mass is 16.5. The summed E-state index contributed by atoms with van der Waals surface area (Å²) in [5.74, 6) is -0.379. The van der Waals surface area contributed by atoms with Crippen molar-refractivity contribution < 1.29 is 19.1 Å². The van der Waals surface area contributed by atoms with Crippen LogP contribution >= 0.6 is 0 Å². The Morgan fingerprint density at radius 3 is 2.59 bits per heavy atom. The summed E-state index contributed by atoms with van der Waals surface area (Å²) in [5, 5.41) is 0. The van der Waals surface area contributed by atoms with Crippen LogP contribution in [-0.4, -0.2) is 60.9 Å². The van der Waals surface area contributed by atoms with Gasteiger partial charge in [-0.15, -0.1) is 0 Å². The molecule has 0 radical (unpaired) electrons. The summed E-state index contributed by atoms with van der Waals surface area (Å²) in [6.07, 6.45) is 1.21. The van der Waals surface area contributed by atoms with E-state index < -0.39 is 0 Å². The van der Waals surface area contributed by atoms with Crippen molar-refractivity contribution in [2.45, 2.75) is 33.1 Å². The van der Waals surface area contributed by atoms with E-state index in [4.69, 9.17) is 0 Å². The zero-order valence-corrected chi connectivity index (χ0v) is 16.5. The molecule has 1 saturated heterocycles. The van der Waals surface area contributed by atoms with Crippen molar-refractivity contribution in [3.05, 3.63) is 35.9 Å². The first kappa shape index (κ1) is 20.9. The van der Waals surface area contributed by atoms with Crippen LogP contribution in [0, 0.1) is 11.8 Å². The lowest BCUT2D eigenvalue weighted by atomic mass is 10.1. The van der Waals surface area contributed by atoms with Crippen LogP contribution in [0.5, 0.6) is 0 Å². The zero-order valence-electron chi connectivity index (χ0n) is 16.5. The third-order valence-corrected chi connectivity index (χ3v) is 4.79. The number of likely N-dealkylation sites (tertiary alicyclic amines) is 1. The van der Waals surface area contributed by atoms with Crippen LogP contribution in [0.1, 0.15) is 32.3 Å². The summed E-state index contributed by atoms with van der Waals surface area (Å²) in [6, 6.07) is 10.0. The van der Waals surface area contributed by atoms with Crippen LogP contribution in [0.15, 0.2) is 30.3 Å². The number of nitrogens with zero attached hydrogens (tertiary/aromatic N) is 2. The van der Waals surface area contributed by atoms with Crippen LogP contribution in [-0.2, 0) is 25.5 Å². The minimum Gasteiger partial charge on any atom is -0.469 e. The van der Waals surface area contributed by atoms with Gasteiger partial charge in [-0.1, -0.05) is 44.2 Å². The van der Waals surface area contributed by atoms with Crippen LogP contribution < -0.4 is 0 Å². The average Bonchev–Trinajstić information content (AvgIpc) is 3.03. The van der Waals surface area contributed by atoms with Crippen molar-refractivity contribution >= 4 is 17.8 Å². The number of rotatable bonds is 9. The lowest BCUT2D eigenvalue weighted by Crippen LogP contribution is -2.41. The van der Waals surface area contributed by atoms with E-state index in [0.29, 0.717) is 26.2 Å². The number of benzene rings is 1. The first-order valence-electron chi connectivity index (χ1n) is 9.58. The Morgan fingerprint density at radius 1 is 1.26 bits per heavy atom. The van der Waals surface area contributed by atoms with Crippen LogP contribution in [0.4, 0.5) is 0 Å². The Bertz CT molecular complexity index is 645. The quantitative estimate of drug-likeness (QED) is 0.621. The lowest BCUT2D eigenvalue weighted by Gasteiger charge is -2.27. The highest BCUT2D eigenvalue weighted by Crippen LogP contribution is 2.21. The van der Waals surface area contributed by atoms with Gasteiger partial charge in [0, 0.05) is 32.6 Å². The van der Waals surface area contributed by atoms with Crippen molar-refractivity contribution in [2.75, 3.05) is 33.3 Å². The number of methoxy groups -OCH3 is 1. The SMILES string of the molecule is COC(=O)CCN(CC(C)C)C(=O)C1CC(=O)N(CCc2ccccc2)C1. The van der Waals surface area contributed by atoms with Gasteiger partial charge in [-0.3, -0.25) is 14.4 Å². The molecule has 1 aliphatic rings. The second kappa shape index (κ2) is 10.1. The van der Waals surface area contributed by atoms with Gasteiger partial charge in [0.15, 0.2) is 0 Å². The topological polar surface area (TPSA) is 66.9 Å². The van der Waals surface area contributed by atoms with Gasteiger partial charge in [0.25, 0.3) is 0 Å². The monoisotopic (exact) mass is 374 g/mol. The third-order valence-electron chi connectivity index (χ3n) is 4.79. The van der Waals surface area contributed by atoms with E-state index >= 15 is 0 Å². The molecule has 1 unspecified atom stereocenters. The molecule has 0 spiro atoms. The van der Waals surface area contributed by atoms with E-state index in [1.807, 2.05) is 44.2 Å². The first-order valence-corrected chi connectivity index (χ1v) is 9.58. The number of carbonyl (C=O) groups is 3. The van der Waals surface area contributed by atoms with E-state index in [1.165, 1.54) is 12.7 Å². The van der Waals surface area contributed by atoms with Gasteiger partial charge < -0.3 is 14.5 Å². The Morgan fingerprint density at radius 2 is 1.96 bits per heavy atom. The second-order valence-corrected chi connectivity index (χ2v) is 7.48. The molecule has 1 aromatic rings. The number of ether oxygens (including phenoxy) is 1. The molecule has 0 N–H and O–H groups in total. The third kappa shape index (κ3) is 6.38. The lowest BCUT2D eigenvalue weighted by molar-refractivity contribution is -0.142. The van der Waals surface area contributed by atoms with Gasteiger partial charge in [-0.2, -0.15) is 0 Å². The van der Waals surface area contributed by atoms with E-state index in [0.717, 1.165) is 6.42 Å². The van der Waals surface area contributed by atoms with Gasteiger partial charge in [0.05, 0.1) is 19.4 Å². The molecule has 6 nitrogen and oxygen atoms in total. The summed E-state index contributed by atoms with van der Waals surface area (Å²) in [7, 11) is 1.34. The summed E-state index contributed by atoms with van der Waals surface area (Å²) in [4.78, 5) is 40.2. The minimum absolute atomic E-state index is 0.0294. The predicted octanol–water partition coefficient (Wildman–Crippen LogP) is 2.13. The van der Waals surface area contributed by atoms with Crippen molar-refractivity contribution in [1.82, 2.24) is 9.80 Å². The van der Waals surface area contributed by atoms with E-state index in [9.17, 15) is 14.4 Å². The van der Waals surface area contributed by atoms with E-state index in [-0.39, 0.29) is 42.5 Å². The summed E-state index contributed by atoms with van der Waals surface area (Å²) in [6.45, 7) is 6.05. The predicted molar refractivity (Wildman–Crippen MR) is 103 cm³/mol. The first-order chi connectivity index (χ1) is 12.9. The molecule has 1 aromatic carbocycles. The molecule has 1 atom stereocenters. The van der Waals surface area contributed by atoms with Crippen LogP contribution in [0.25, 0.3) is 0 Å². The van der Waals surface area contributed by atoms with Gasteiger partial charge in [0.1, 0.15) is 0 Å². The van der Waals surface area contributed by atoms with Gasteiger partial charge in [-0.05, 0) is 17.9 Å². The number of hydrogen-bond donors (Lipinski definition) is 0. The molecule has 2 amide bonds. The molecule has 0 saturated carbocycles. The Hall–Kier alpha value is -2.37. The maximum Gasteiger partial charge on any atom is 0.307 e. The standard InChI is InChI=1S/C21H30N2O4/c1-16(2)14-23(12-10-20(25)27-3)21(26)18-13-19(24)22(15-18)11-9-17-7-5-4-6-8-17/h4-8,16,18H,9-15H2,1-3H3. The zero-order chi connectivity index (χ0) is 19.8. The molecular formula is C21H30N2O4. The van der Waals surface area contributed by atoms with Gasteiger partial charge in [0.2, 0.25) is 11.8 Å². The molecule has 6 heteroatoms. The molecule has 148 valence electrons. The van der Waals surface area contributed by atoms with Crippen molar-refractivity contribution in [3.63, 3.8) is 0 Å². The molecule has 2 rings (SSSR count). The molecule has 1 aliphatic heterocycles. The molecular weight excluding hydrogens is 344 g/mol. The molecule has 1 fully saturated rings. The maximum absolute atomic E-state index is 12.9. The van der Waals surface area contributed by atoms with E-state index in [1.54, 1.807) is 9.80 Å². The molecule has 0 bridgehead atoms. The maximum atomic E-state index is 12.9. The highest BCUT2D eigenvalue weighted by Gasteiger charge is 2.36. The van der Waals surface area contributed by atoms with Gasteiger partial charge in [-0.25, -0.2) is 0 Å². The molecule has 1 heterocycles. The molecule has 27 heavy (non-hydrogen) atoms. The smallest absolute Gasteiger partial charge is 0.307 e. The Balaban J connectivity index is 1.93. The minimum atomic E-state index is -0.330. The van der Waals surface area contributed by atoms with Gasteiger partial charge >= 0.3 is 5.97 Å². The summed E-state index contributed by atoms with van der Waals surface area (Å²) in [5.41, 5.74) is 1.18. The van der Waals surface area contributed by atoms with E-state index in [2.05, 4.69) is 4.74 Å². The fourth-order valence-corrected chi connectivity index (χ4v) is 3.38.